The smallest absolute Gasteiger partial charge is 0.417 e. The molecule has 0 spiro atoms. The monoisotopic (exact) mass is 514 g/mol. The molecule has 0 N–H and O–H groups in total. The minimum Gasteiger partial charge on any atom is -0.495 e. The molecule has 190 valence electrons. The molecule has 0 radical (unpaired) electrons. The molecule has 4 rings (SSSR count). The molecule has 2 fully saturated rings. The number of halogens is 4. The Bertz CT molecular complexity index is 1200. The van der Waals surface area contributed by atoms with Gasteiger partial charge in [-0.3, -0.25) is 4.79 Å². The first-order valence-corrected chi connectivity index (χ1v) is 12.9. The Morgan fingerprint density at radius 3 is 2.26 bits per heavy atom. The second-order valence-corrected chi connectivity index (χ2v) is 11.0. The summed E-state index contributed by atoms with van der Waals surface area (Å²) in [4.78, 5) is 16.2. The molecule has 1 aliphatic heterocycles. The first-order chi connectivity index (χ1) is 16.5. The lowest BCUT2D eigenvalue weighted by Crippen LogP contribution is -2.49. The van der Waals surface area contributed by atoms with E-state index >= 15 is 0 Å². The molecule has 0 aromatic heterocycles. The van der Waals surface area contributed by atoms with Crippen LogP contribution in [0.15, 0.2) is 41.3 Å². The minimum atomic E-state index is -4.87. The van der Waals surface area contributed by atoms with E-state index in [1.807, 2.05) is 4.90 Å². The number of hydrogen-bond donors (Lipinski definition) is 0. The molecule has 11 heteroatoms. The maximum atomic E-state index is 13.4. The molecule has 2 aromatic carbocycles. The first kappa shape index (κ1) is 25.3. The largest absolute Gasteiger partial charge is 0.495 e. The summed E-state index contributed by atoms with van der Waals surface area (Å²) in [5.74, 6) is -1.44. The van der Waals surface area contributed by atoms with E-state index in [4.69, 9.17) is 4.74 Å². The third-order valence-corrected chi connectivity index (χ3v) is 8.90. The van der Waals surface area contributed by atoms with E-state index in [1.165, 1.54) is 18.1 Å². The zero-order valence-electron chi connectivity index (χ0n) is 19.1. The van der Waals surface area contributed by atoms with Crippen LogP contribution in [-0.4, -0.2) is 57.8 Å². The van der Waals surface area contributed by atoms with Crippen LogP contribution < -0.4 is 9.64 Å². The van der Waals surface area contributed by atoms with Gasteiger partial charge in [0.1, 0.15) is 11.6 Å². The van der Waals surface area contributed by atoms with Crippen LogP contribution in [0.1, 0.15) is 41.6 Å². The van der Waals surface area contributed by atoms with E-state index in [0.717, 1.165) is 25.0 Å². The summed E-state index contributed by atoms with van der Waals surface area (Å²) in [6, 6.07) is 6.72. The van der Waals surface area contributed by atoms with Gasteiger partial charge in [0.05, 0.1) is 34.1 Å². The number of piperazine rings is 1. The van der Waals surface area contributed by atoms with Crippen LogP contribution in [0.2, 0.25) is 0 Å². The first-order valence-electron chi connectivity index (χ1n) is 11.4. The molecular formula is C24H26F4N2O4S. The van der Waals surface area contributed by atoms with Gasteiger partial charge in [-0.15, -0.1) is 0 Å². The molecule has 1 aliphatic carbocycles. The number of nitrogens with zero attached hydrogens (tertiary/aromatic N) is 2. The Hall–Kier alpha value is -2.82. The summed E-state index contributed by atoms with van der Waals surface area (Å²) in [5.41, 5.74) is -1.36. The summed E-state index contributed by atoms with van der Waals surface area (Å²) in [6.45, 7) is 0.738. The second kappa shape index (κ2) is 9.67. The van der Waals surface area contributed by atoms with Gasteiger partial charge in [0.25, 0.3) is 5.91 Å². The molecule has 35 heavy (non-hydrogen) atoms. The SMILES string of the molecule is COc1ccc(S(=O)(=O)C2CCCC2)cc1N1CCN(C(=O)c2ccc(F)cc2C(F)(F)F)CC1. The van der Waals surface area contributed by atoms with Crippen molar-refractivity contribution < 1.29 is 35.5 Å². The van der Waals surface area contributed by atoms with Crippen LogP contribution in [0, 0.1) is 5.82 Å². The number of sulfone groups is 1. The van der Waals surface area contributed by atoms with Gasteiger partial charge in [-0.1, -0.05) is 12.8 Å². The minimum absolute atomic E-state index is 0.107. The number of carbonyl (C=O) groups excluding carboxylic acids is 1. The Balaban J connectivity index is 1.54. The molecule has 0 atom stereocenters. The average molecular weight is 515 g/mol. The van der Waals surface area contributed by atoms with Crippen molar-refractivity contribution in [3.8, 4) is 5.75 Å². The van der Waals surface area contributed by atoms with Crippen molar-refractivity contribution in [3.63, 3.8) is 0 Å². The van der Waals surface area contributed by atoms with Crippen molar-refractivity contribution in [2.45, 2.75) is 42.0 Å². The molecule has 1 saturated heterocycles. The Morgan fingerprint density at radius 2 is 1.66 bits per heavy atom. The van der Waals surface area contributed by atoms with Crippen molar-refractivity contribution in [3.05, 3.63) is 53.3 Å². The van der Waals surface area contributed by atoms with Crippen LogP contribution in [0.4, 0.5) is 23.2 Å². The highest BCUT2D eigenvalue weighted by Crippen LogP contribution is 2.36. The number of benzene rings is 2. The Labute approximate surface area is 201 Å². The third kappa shape index (κ3) is 5.10. The van der Waals surface area contributed by atoms with E-state index < -0.39 is 44.1 Å². The fourth-order valence-corrected chi connectivity index (χ4v) is 6.62. The van der Waals surface area contributed by atoms with Crippen molar-refractivity contribution in [1.82, 2.24) is 4.90 Å². The molecule has 1 saturated carbocycles. The van der Waals surface area contributed by atoms with E-state index in [2.05, 4.69) is 0 Å². The lowest BCUT2D eigenvalue weighted by molar-refractivity contribution is -0.138. The molecule has 2 aromatic rings. The van der Waals surface area contributed by atoms with E-state index in [-0.39, 0.29) is 31.1 Å². The van der Waals surface area contributed by atoms with Crippen LogP contribution in [0.3, 0.4) is 0 Å². The summed E-state index contributed by atoms with van der Waals surface area (Å²) in [5, 5.41) is -0.406. The normalized spacial score (nSPS) is 17.6. The summed E-state index contributed by atoms with van der Waals surface area (Å²) in [6.07, 6.45) is -1.84. The summed E-state index contributed by atoms with van der Waals surface area (Å²) < 4.78 is 85.1. The second-order valence-electron chi connectivity index (χ2n) is 8.75. The van der Waals surface area contributed by atoms with Gasteiger partial charge in [-0.05, 0) is 49.2 Å². The van der Waals surface area contributed by atoms with E-state index in [9.17, 15) is 30.8 Å². The van der Waals surface area contributed by atoms with Crippen LogP contribution in [0.25, 0.3) is 0 Å². The molecule has 2 aliphatic rings. The highest BCUT2D eigenvalue weighted by molar-refractivity contribution is 7.92. The maximum Gasteiger partial charge on any atom is 0.417 e. The highest BCUT2D eigenvalue weighted by Gasteiger charge is 2.37. The van der Waals surface area contributed by atoms with Gasteiger partial charge in [0.2, 0.25) is 0 Å². The van der Waals surface area contributed by atoms with E-state index in [0.29, 0.717) is 30.3 Å². The highest BCUT2D eigenvalue weighted by atomic mass is 32.2. The van der Waals surface area contributed by atoms with Gasteiger partial charge in [-0.25, -0.2) is 12.8 Å². The quantitative estimate of drug-likeness (QED) is 0.549. The van der Waals surface area contributed by atoms with Crippen molar-refractivity contribution >= 4 is 21.4 Å². The molecule has 0 bridgehead atoms. The zero-order chi connectivity index (χ0) is 25.4. The zero-order valence-corrected chi connectivity index (χ0v) is 20.0. The molecular weight excluding hydrogens is 488 g/mol. The van der Waals surface area contributed by atoms with Crippen molar-refractivity contribution in [1.29, 1.82) is 0 Å². The Morgan fingerprint density at radius 1 is 1.00 bits per heavy atom. The van der Waals surface area contributed by atoms with Gasteiger partial charge in [0.15, 0.2) is 9.84 Å². The predicted octanol–water partition coefficient (Wildman–Crippen LogP) is 4.53. The van der Waals surface area contributed by atoms with Crippen LogP contribution >= 0.6 is 0 Å². The number of ether oxygens (including phenoxy) is 1. The Kier molecular flexibility index (Phi) is 6.99. The van der Waals surface area contributed by atoms with Crippen molar-refractivity contribution in [2.75, 3.05) is 38.2 Å². The molecule has 0 unspecified atom stereocenters. The molecule has 1 amide bonds. The van der Waals surface area contributed by atoms with Crippen molar-refractivity contribution in [2.24, 2.45) is 0 Å². The number of hydrogen-bond acceptors (Lipinski definition) is 5. The fraction of sp³-hybridized carbons (Fsp3) is 0.458. The number of anilines is 1. The topological polar surface area (TPSA) is 66.9 Å². The standard InChI is InChI=1S/C24H26F4N2O4S/c1-34-22-9-7-18(35(32,33)17-4-2-3-5-17)15-21(22)29-10-12-30(13-11-29)23(31)19-8-6-16(25)14-20(19)24(26,27)28/h6-9,14-15,17H,2-5,10-13H2,1H3. The number of methoxy groups -OCH3 is 1. The van der Waals surface area contributed by atoms with Crippen LogP contribution in [0.5, 0.6) is 5.75 Å². The predicted molar refractivity (Wildman–Crippen MR) is 122 cm³/mol. The maximum absolute atomic E-state index is 13.4. The lowest BCUT2D eigenvalue weighted by Gasteiger charge is -2.37. The fourth-order valence-electron chi connectivity index (χ4n) is 4.74. The van der Waals surface area contributed by atoms with Crippen LogP contribution in [-0.2, 0) is 16.0 Å². The molecule has 1 heterocycles. The number of alkyl halides is 3. The number of amides is 1. The third-order valence-electron chi connectivity index (χ3n) is 6.64. The number of carbonyl (C=O) groups is 1. The lowest BCUT2D eigenvalue weighted by atomic mass is 10.0. The molecule has 6 nitrogen and oxygen atoms in total. The van der Waals surface area contributed by atoms with Gasteiger partial charge in [0, 0.05) is 26.2 Å². The van der Waals surface area contributed by atoms with Gasteiger partial charge >= 0.3 is 6.18 Å². The number of rotatable bonds is 5. The average Bonchev–Trinajstić information content (AvgIpc) is 3.39. The summed E-state index contributed by atoms with van der Waals surface area (Å²) >= 11 is 0. The van der Waals surface area contributed by atoms with Gasteiger partial charge in [-0.2, -0.15) is 13.2 Å². The van der Waals surface area contributed by atoms with E-state index in [1.54, 1.807) is 12.1 Å². The summed E-state index contributed by atoms with van der Waals surface area (Å²) in [7, 11) is -2.02. The van der Waals surface area contributed by atoms with Gasteiger partial charge < -0.3 is 14.5 Å².